The lowest BCUT2D eigenvalue weighted by atomic mass is 9.98. The van der Waals surface area contributed by atoms with Crippen LogP contribution in [0.15, 0.2) is 6.07 Å². The molecular weight excluding hydrogens is 240 g/mol. The van der Waals surface area contributed by atoms with Crippen LogP contribution in [0.1, 0.15) is 43.0 Å². The summed E-state index contributed by atoms with van der Waals surface area (Å²) in [6.07, 6.45) is 2.52. The maximum atomic E-state index is 10.2. The predicted octanol–water partition coefficient (Wildman–Crippen LogP) is 1.93. The predicted molar refractivity (Wildman–Crippen MR) is 76.3 cm³/mol. The van der Waals surface area contributed by atoms with E-state index in [4.69, 9.17) is 0 Å². The molecule has 0 aliphatic carbocycles. The molecule has 1 fully saturated rings. The Hall–Kier alpha value is -1.13. The van der Waals surface area contributed by atoms with Crippen molar-refractivity contribution in [2.24, 2.45) is 0 Å². The number of hydrogen-bond acceptors (Lipinski definition) is 4. The molecule has 2 N–H and O–H groups in total. The van der Waals surface area contributed by atoms with Crippen molar-refractivity contribution in [3.05, 3.63) is 22.9 Å². The van der Waals surface area contributed by atoms with Crippen LogP contribution in [0.25, 0.3) is 0 Å². The van der Waals surface area contributed by atoms with Crippen LogP contribution in [0, 0.1) is 13.8 Å². The van der Waals surface area contributed by atoms with Gasteiger partial charge >= 0.3 is 0 Å². The molecule has 0 spiro atoms. The van der Waals surface area contributed by atoms with E-state index in [0.29, 0.717) is 0 Å². The van der Waals surface area contributed by atoms with E-state index < -0.39 is 5.60 Å². The van der Waals surface area contributed by atoms with Gasteiger partial charge in [0.05, 0.1) is 12.2 Å². The molecule has 1 aromatic rings. The van der Waals surface area contributed by atoms with Gasteiger partial charge in [-0.1, -0.05) is 0 Å². The van der Waals surface area contributed by atoms with E-state index in [1.165, 1.54) is 0 Å². The van der Waals surface area contributed by atoms with Crippen LogP contribution < -0.4 is 4.90 Å². The first-order valence-corrected chi connectivity index (χ1v) is 6.98. The fraction of sp³-hybridized carbons (Fsp3) is 0.667. The van der Waals surface area contributed by atoms with Crippen LogP contribution in [0.4, 0.5) is 5.82 Å². The number of hydrogen-bond donors (Lipinski definition) is 2. The van der Waals surface area contributed by atoms with Crippen molar-refractivity contribution in [2.45, 2.75) is 52.2 Å². The molecular formula is C15H24N2O2. The van der Waals surface area contributed by atoms with Gasteiger partial charge in [-0.2, -0.15) is 0 Å². The van der Waals surface area contributed by atoms with Gasteiger partial charge < -0.3 is 15.1 Å². The highest BCUT2D eigenvalue weighted by Crippen LogP contribution is 2.28. The van der Waals surface area contributed by atoms with Crippen molar-refractivity contribution in [2.75, 3.05) is 18.0 Å². The summed E-state index contributed by atoms with van der Waals surface area (Å²) < 4.78 is 0. The van der Waals surface area contributed by atoms with Gasteiger partial charge in [-0.3, -0.25) is 0 Å². The van der Waals surface area contributed by atoms with Gasteiger partial charge in [0.25, 0.3) is 0 Å². The number of pyridine rings is 1. The van der Waals surface area contributed by atoms with Crippen LogP contribution >= 0.6 is 0 Å². The smallest absolute Gasteiger partial charge is 0.134 e. The zero-order chi connectivity index (χ0) is 14.0. The summed E-state index contributed by atoms with van der Waals surface area (Å²) in [5.74, 6) is 0.887. The average Bonchev–Trinajstić information content (AvgIpc) is 2.49. The summed E-state index contributed by atoms with van der Waals surface area (Å²) in [7, 11) is 0. The zero-order valence-corrected chi connectivity index (χ0v) is 12.1. The normalized spacial score (nSPS) is 24.4. The minimum Gasteiger partial charge on any atom is -0.392 e. The molecule has 1 aromatic heterocycles. The molecule has 1 unspecified atom stereocenters. The fourth-order valence-corrected chi connectivity index (χ4v) is 2.78. The van der Waals surface area contributed by atoms with E-state index in [2.05, 4.69) is 9.88 Å². The topological polar surface area (TPSA) is 56.6 Å². The molecule has 1 atom stereocenters. The number of anilines is 1. The molecule has 1 aliphatic rings. The van der Waals surface area contributed by atoms with Crippen LogP contribution in [0.5, 0.6) is 0 Å². The third-order valence-electron chi connectivity index (χ3n) is 3.97. The highest BCUT2D eigenvalue weighted by molar-refractivity contribution is 5.51. The van der Waals surface area contributed by atoms with E-state index in [-0.39, 0.29) is 6.61 Å². The number of nitrogens with zero attached hydrogens (tertiary/aromatic N) is 2. The Labute approximate surface area is 115 Å². The number of aromatic nitrogens is 1. The lowest BCUT2D eigenvalue weighted by Gasteiger charge is -2.26. The first-order valence-electron chi connectivity index (χ1n) is 6.98. The van der Waals surface area contributed by atoms with Crippen molar-refractivity contribution in [1.82, 2.24) is 4.98 Å². The Morgan fingerprint density at radius 1 is 1.32 bits per heavy atom. The Morgan fingerprint density at radius 2 is 2.05 bits per heavy atom. The van der Waals surface area contributed by atoms with Crippen LogP contribution in [0.2, 0.25) is 0 Å². The SMILES string of the molecule is Cc1cc(C)c(CO)c(N2CCCC(C)(O)CC2)n1. The molecule has 1 aliphatic heterocycles. The average molecular weight is 264 g/mol. The van der Waals surface area contributed by atoms with Gasteiger partial charge in [0, 0.05) is 24.3 Å². The van der Waals surface area contributed by atoms with Gasteiger partial charge in [0.1, 0.15) is 5.82 Å². The summed E-state index contributed by atoms with van der Waals surface area (Å²) in [4.78, 5) is 6.80. The minimum absolute atomic E-state index is 0.0152. The van der Waals surface area contributed by atoms with Crippen LogP contribution in [0.3, 0.4) is 0 Å². The Bertz CT molecular complexity index is 458. The van der Waals surface area contributed by atoms with E-state index in [9.17, 15) is 10.2 Å². The molecule has 0 amide bonds. The second-order valence-corrected chi connectivity index (χ2v) is 5.88. The van der Waals surface area contributed by atoms with Crippen molar-refractivity contribution in [3.63, 3.8) is 0 Å². The van der Waals surface area contributed by atoms with Gasteiger partial charge in [0.15, 0.2) is 0 Å². The molecule has 2 heterocycles. The van der Waals surface area contributed by atoms with Crippen molar-refractivity contribution in [1.29, 1.82) is 0 Å². The standard InChI is InChI=1S/C15H24N2O2/c1-11-9-12(2)16-14(13(11)10-18)17-7-4-5-15(3,19)6-8-17/h9,18-19H,4-8,10H2,1-3H3. The van der Waals surface area contributed by atoms with Gasteiger partial charge in [0.2, 0.25) is 0 Å². The molecule has 0 saturated carbocycles. The van der Waals surface area contributed by atoms with E-state index >= 15 is 0 Å². The monoisotopic (exact) mass is 264 g/mol. The van der Waals surface area contributed by atoms with E-state index in [0.717, 1.165) is 55.0 Å². The number of aliphatic hydroxyl groups excluding tert-OH is 1. The van der Waals surface area contributed by atoms with Crippen molar-refractivity contribution in [3.8, 4) is 0 Å². The Morgan fingerprint density at radius 3 is 2.74 bits per heavy atom. The minimum atomic E-state index is -0.576. The molecule has 0 bridgehead atoms. The zero-order valence-electron chi connectivity index (χ0n) is 12.1. The number of rotatable bonds is 2. The number of aryl methyl sites for hydroxylation is 2. The molecule has 2 rings (SSSR count). The fourth-order valence-electron chi connectivity index (χ4n) is 2.78. The third-order valence-corrected chi connectivity index (χ3v) is 3.97. The largest absolute Gasteiger partial charge is 0.392 e. The van der Waals surface area contributed by atoms with Crippen LogP contribution in [-0.2, 0) is 6.61 Å². The number of aliphatic hydroxyl groups is 2. The molecule has 19 heavy (non-hydrogen) atoms. The molecule has 4 nitrogen and oxygen atoms in total. The lowest BCUT2D eigenvalue weighted by Crippen LogP contribution is -2.29. The molecule has 1 saturated heterocycles. The molecule has 0 radical (unpaired) electrons. The summed E-state index contributed by atoms with van der Waals surface area (Å²) in [5.41, 5.74) is 2.39. The molecule has 106 valence electrons. The summed E-state index contributed by atoms with van der Waals surface area (Å²) in [6, 6.07) is 2.00. The molecule has 4 heteroatoms. The highest BCUT2D eigenvalue weighted by atomic mass is 16.3. The van der Waals surface area contributed by atoms with E-state index in [1.807, 2.05) is 26.8 Å². The summed E-state index contributed by atoms with van der Waals surface area (Å²) in [6.45, 7) is 7.58. The van der Waals surface area contributed by atoms with Crippen molar-refractivity contribution < 1.29 is 10.2 Å². The Balaban J connectivity index is 2.31. The van der Waals surface area contributed by atoms with Crippen molar-refractivity contribution >= 4 is 5.82 Å². The second-order valence-electron chi connectivity index (χ2n) is 5.88. The third kappa shape index (κ3) is 3.25. The maximum absolute atomic E-state index is 10.2. The Kier molecular flexibility index (Phi) is 4.11. The molecule has 0 aromatic carbocycles. The quantitative estimate of drug-likeness (QED) is 0.857. The highest BCUT2D eigenvalue weighted by Gasteiger charge is 2.26. The van der Waals surface area contributed by atoms with Crippen LogP contribution in [-0.4, -0.2) is 33.9 Å². The summed E-state index contributed by atoms with van der Waals surface area (Å²) >= 11 is 0. The first-order chi connectivity index (χ1) is 8.93. The maximum Gasteiger partial charge on any atom is 0.134 e. The van der Waals surface area contributed by atoms with Gasteiger partial charge in [-0.15, -0.1) is 0 Å². The van der Waals surface area contributed by atoms with Gasteiger partial charge in [-0.25, -0.2) is 4.98 Å². The van der Waals surface area contributed by atoms with E-state index in [1.54, 1.807) is 0 Å². The lowest BCUT2D eigenvalue weighted by molar-refractivity contribution is 0.0481. The second kappa shape index (κ2) is 5.47. The summed E-state index contributed by atoms with van der Waals surface area (Å²) in [5, 5.41) is 19.7. The van der Waals surface area contributed by atoms with Gasteiger partial charge in [-0.05, 0) is 51.7 Å². The first kappa shape index (κ1) is 14.3.